The molecule has 3 aliphatic carbocycles. The van der Waals surface area contributed by atoms with Gasteiger partial charge in [-0.2, -0.15) is 0 Å². The van der Waals surface area contributed by atoms with Crippen molar-refractivity contribution in [3.05, 3.63) is 46.6 Å². The van der Waals surface area contributed by atoms with Gasteiger partial charge in [-0.1, -0.05) is 24.6 Å². The van der Waals surface area contributed by atoms with E-state index in [9.17, 15) is 20.4 Å². The Balaban J connectivity index is 1.78. The zero-order valence-corrected chi connectivity index (χ0v) is 19.6. The molecule has 8 unspecified atom stereocenters. The molecule has 6 heteroatoms. The van der Waals surface area contributed by atoms with E-state index in [0.717, 1.165) is 30.4 Å². The quantitative estimate of drug-likeness (QED) is 0.496. The van der Waals surface area contributed by atoms with Gasteiger partial charge in [0.05, 0.1) is 6.61 Å². The lowest BCUT2D eigenvalue weighted by molar-refractivity contribution is -0.284. The number of aliphatic hydroxyl groups excluding tert-OH is 4. The summed E-state index contributed by atoms with van der Waals surface area (Å²) in [6, 6.07) is 0. The van der Waals surface area contributed by atoms with Crippen molar-refractivity contribution in [3.8, 4) is 0 Å². The molecule has 6 nitrogen and oxygen atoms in total. The number of hydrogen-bond donors (Lipinski definition) is 4. The Bertz CT molecular complexity index is 837. The second-order valence-corrected chi connectivity index (χ2v) is 10.3. The number of ether oxygens (including phenoxy) is 2. The van der Waals surface area contributed by atoms with Gasteiger partial charge in [0.25, 0.3) is 0 Å². The van der Waals surface area contributed by atoms with Crippen LogP contribution in [-0.2, 0) is 9.47 Å². The van der Waals surface area contributed by atoms with Crippen LogP contribution in [0.15, 0.2) is 46.6 Å². The Morgan fingerprint density at radius 2 is 1.78 bits per heavy atom. The molecule has 4 rings (SSSR count). The number of aliphatic hydroxyl groups is 4. The SMILES string of the molecule is C=CC1CCC2C3=C1C(O)C(OC1OCC(O)C(O)C1O)C(C)=C3[C@@H](C=C(C)C)C[C@@H]2C. The predicted molar refractivity (Wildman–Crippen MR) is 121 cm³/mol. The summed E-state index contributed by atoms with van der Waals surface area (Å²) in [5.74, 6) is 1.25. The summed E-state index contributed by atoms with van der Waals surface area (Å²) in [4.78, 5) is 0. The van der Waals surface area contributed by atoms with Crippen molar-refractivity contribution in [1.29, 1.82) is 0 Å². The molecule has 0 aromatic heterocycles. The van der Waals surface area contributed by atoms with Crippen LogP contribution in [0.2, 0.25) is 0 Å². The van der Waals surface area contributed by atoms with Crippen LogP contribution in [0, 0.1) is 23.7 Å². The molecule has 0 spiro atoms. The van der Waals surface area contributed by atoms with E-state index in [1.165, 1.54) is 16.7 Å². The molecule has 4 aliphatic rings. The van der Waals surface area contributed by atoms with Crippen LogP contribution in [-0.4, -0.2) is 63.8 Å². The van der Waals surface area contributed by atoms with Crippen LogP contribution in [0.3, 0.4) is 0 Å². The van der Waals surface area contributed by atoms with Crippen molar-refractivity contribution < 1.29 is 29.9 Å². The molecule has 0 bridgehead atoms. The van der Waals surface area contributed by atoms with E-state index in [-0.39, 0.29) is 18.4 Å². The van der Waals surface area contributed by atoms with Crippen LogP contribution < -0.4 is 0 Å². The number of allylic oxidation sites excluding steroid dienone is 5. The second kappa shape index (κ2) is 9.16. The van der Waals surface area contributed by atoms with Crippen molar-refractivity contribution >= 4 is 0 Å². The van der Waals surface area contributed by atoms with Gasteiger partial charge < -0.3 is 29.9 Å². The van der Waals surface area contributed by atoms with Gasteiger partial charge in [-0.05, 0) is 74.2 Å². The smallest absolute Gasteiger partial charge is 0.187 e. The number of hydrogen-bond acceptors (Lipinski definition) is 6. The van der Waals surface area contributed by atoms with Crippen molar-refractivity contribution in [2.75, 3.05) is 6.61 Å². The largest absolute Gasteiger partial charge is 0.388 e. The maximum Gasteiger partial charge on any atom is 0.187 e. The van der Waals surface area contributed by atoms with Crippen LogP contribution in [0.1, 0.15) is 47.0 Å². The highest BCUT2D eigenvalue weighted by molar-refractivity contribution is 5.54. The molecular formula is C26H38O6. The predicted octanol–water partition coefficient (Wildman–Crippen LogP) is 2.63. The Morgan fingerprint density at radius 3 is 2.44 bits per heavy atom. The third-order valence-corrected chi connectivity index (χ3v) is 7.85. The van der Waals surface area contributed by atoms with Gasteiger partial charge in [0, 0.05) is 11.8 Å². The second-order valence-electron chi connectivity index (χ2n) is 10.3. The standard InChI is InChI=1S/C26H38O6/c1-6-15-7-8-17-13(4)10-16(9-12(2)3)19-14(5)25(23(29)20(15)21(17)19)32-26-24(30)22(28)18(27)11-31-26/h6,9,13,15-18,22-30H,1,7-8,10-11H2,2-5H3/t13-,15?,16-,17?,18?,22?,23?,24?,25?,26?/m0/s1. The average Bonchev–Trinajstić information content (AvgIpc) is 2.74. The summed E-state index contributed by atoms with van der Waals surface area (Å²) in [6.45, 7) is 12.4. The highest BCUT2D eigenvalue weighted by atomic mass is 16.7. The van der Waals surface area contributed by atoms with Gasteiger partial charge >= 0.3 is 0 Å². The third kappa shape index (κ3) is 3.95. The minimum absolute atomic E-state index is 0.0766. The van der Waals surface area contributed by atoms with Crippen LogP contribution >= 0.6 is 0 Å². The highest BCUT2D eigenvalue weighted by Crippen LogP contribution is 2.55. The van der Waals surface area contributed by atoms with Gasteiger partial charge in [0.1, 0.15) is 30.5 Å². The molecule has 2 fully saturated rings. The number of rotatable bonds is 4. The highest BCUT2D eigenvalue weighted by Gasteiger charge is 2.49. The van der Waals surface area contributed by atoms with Crippen LogP contribution in [0.25, 0.3) is 0 Å². The molecule has 1 heterocycles. The maximum absolute atomic E-state index is 11.6. The van der Waals surface area contributed by atoms with Gasteiger partial charge in [-0.15, -0.1) is 6.58 Å². The molecule has 178 valence electrons. The summed E-state index contributed by atoms with van der Waals surface area (Å²) >= 11 is 0. The van der Waals surface area contributed by atoms with Gasteiger partial charge in [-0.25, -0.2) is 0 Å². The van der Waals surface area contributed by atoms with Crippen molar-refractivity contribution in [2.45, 2.75) is 83.8 Å². The summed E-state index contributed by atoms with van der Waals surface area (Å²) in [7, 11) is 0. The molecule has 1 saturated carbocycles. The van der Waals surface area contributed by atoms with Crippen LogP contribution in [0.5, 0.6) is 0 Å². The first-order chi connectivity index (χ1) is 15.1. The average molecular weight is 447 g/mol. The van der Waals surface area contributed by atoms with Crippen LogP contribution in [0.4, 0.5) is 0 Å². The zero-order chi connectivity index (χ0) is 23.3. The van der Waals surface area contributed by atoms with Crippen molar-refractivity contribution in [2.24, 2.45) is 23.7 Å². The first kappa shape index (κ1) is 23.9. The monoisotopic (exact) mass is 446 g/mol. The lowest BCUT2D eigenvalue weighted by Crippen LogP contribution is -2.56. The minimum Gasteiger partial charge on any atom is -0.388 e. The Kier molecular flexibility index (Phi) is 6.83. The molecule has 32 heavy (non-hydrogen) atoms. The lowest BCUT2D eigenvalue weighted by atomic mass is 9.57. The van der Waals surface area contributed by atoms with E-state index in [2.05, 4.69) is 33.4 Å². The molecule has 0 amide bonds. The summed E-state index contributed by atoms with van der Waals surface area (Å²) < 4.78 is 11.7. The Hall–Kier alpha value is -1.28. The first-order valence-corrected chi connectivity index (χ1v) is 11.9. The first-order valence-electron chi connectivity index (χ1n) is 11.9. The van der Waals surface area contributed by atoms with E-state index in [1.807, 2.05) is 13.0 Å². The Labute approximate surface area is 190 Å². The zero-order valence-electron chi connectivity index (χ0n) is 19.6. The Morgan fingerprint density at radius 1 is 1.06 bits per heavy atom. The van der Waals surface area contributed by atoms with E-state index < -0.39 is 36.8 Å². The topological polar surface area (TPSA) is 99.4 Å². The summed E-state index contributed by atoms with van der Waals surface area (Å²) in [5.41, 5.74) is 5.74. The maximum atomic E-state index is 11.6. The van der Waals surface area contributed by atoms with Gasteiger partial charge in [0.2, 0.25) is 0 Å². The van der Waals surface area contributed by atoms with E-state index in [0.29, 0.717) is 11.8 Å². The fraction of sp³-hybridized carbons (Fsp3) is 0.692. The van der Waals surface area contributed by atoms with E-state index in [4.69, 9.17) is 9.47 Å². The third-order valence-electron chi connectivity index (χ3n) is 7.85. The van der Waals surface area contributed by atoms with Crippen molar-refractivity contribution in [3.63, 3.8) is 0 Å². The van der Waals surface area contributed by atoms with Gasteiger partial charge in [-0.3, -0.25) is 0 Å². The van der Waals surface area contributed by atoms with Crippen molar-refractivity contribution in [1.82, 2.24) is 0 Å². The lowest BCUT2D eigenvalue weighted by Gasteiger charge is -2.50. The fourth-order valence-corrected chi connectivity index (χ4v) is 6.33. The summed E-state index contributed by atoms with van der Waals surface area (Å²) in [6.07, 6.45) is 0.708. The molecule has 10 atom stereocenters. The molecule has 4 N–H and O–H groups in total. The van der Waals surface area contributed by atoms with E-state index in [1.54, 1.807) is 0 Å². The molecular weight excluding hydrogens is 408 g/mol. The van der Waals surface area contributed by atoms with E-state index >= 15 is 0 Å². The summed E-state index contributed by atoms with van der Waals surface area (Å²) in [5, 5.41) is 41.9. The molecule has 0 aromatic carbocycles. The molecule has 1 saturated heterocycles. The fourth-order valence-electron chi connectivity index (χ4n) is 6.33. The normalized spacial score (nSPS) is 44.2. The minimum atomic E-state index is -1.40. The molecule has 1 aliphatic heterocycles. The van der Waals surface area contributed by atoms with Gasteiger partial charge in [0.15, 0.2) is 6.29 Å². The molecule has 0 radical (unpaired) electrons. The molecule has 0 aromatic rings.